The molecule has 1 saturated carbocycles. The molecule has 2 aromatic rings. The minimum atomic E-state index is -0.481. The smallest absolute Gasteiger partial charge is 0.411 e. The molecule has 1 N–H and O–H groups in total. The van der Waals surface area contributed by atoms with Crippen LogP contribution in [0.3, 0.4) is 0 Å². The third-order valence-corrected chi connectivity index (χ3v) is 4.98. The van der Waals surface area contributed by atoms with Crippen molar-refractivity contribution in [2.24, 2.45) is 5.92 Å². The molecule has 5 nitrogen and oxygen atoms in total. The summed E-state index contributed by atoms with van der Waals surface area (Å²) in [6.07, 6.45) is 3.68. The van der Waals surface area contributed by atoms with Gasteiger partial charge in [-0.2, -0.15) is 0 Å². The van der Waals surface area contributed by atoms with Gasteiger partial charge in [-0.25, -0.2) is 9.78 Å². The van der Waals surface area contributed by atoms with E-state index in [1.54, 1.807) is 0 Å². The first-order valence-corrected chi connectivity index (χ1v) is 8.95. The molecule has 2 fully saturated rings. The number of imidazole rings is 1. The van der Waals surface area contributed by atoms with Crippen LogP contribution in [0.4, 0.5) is 4.79 Å². The number of likely N-dealkylation sites (tertiary alicyclic amines) is 1. The minimum absolute atomic E-state index is 0.0159. The fourth-order valence-electron chi connectivity index (χ4n) is 3.66. The van der Waals surface area contributed by atoms with E-state index >= 15 is 0 Å². The SMILES string of the molecule is Cc1ccc(-c2cnc([C@@H]3CC4CC4N3C(=O)OC(C)(C)C)[nH]2)cc1. The van der Waals surface area contributed by atoms with Crippen molar-refractivity contribution in [3.63, 3.8) is 0 Å². The van der Waals surface area contributed by atoms with Crippen LogP contribution in [0.1, 0.15) is 51.0 Å². The maximum absolute atomic E-state index is 12.7. The third-order valence-electron chi connectivity index (χ3n) is 4.98. The van der Waals surface area contributed by atoms with Crippen LogP contribution < -0.4 is 0 Å². The first kappa shape index (κ1) is 16.2. The van der Waals surface area contributed by atoms with Gasteiger partial charge in [0.2, 0.25) is 0 Å². The van der Waals surface area contributed by atoms with Gasteiger partial charge in [-0.3, -0.25) is 4.90 Å². The Morgan fingerprint density at radius 2 is 1.96 bits per heavy atom. The molecular weight excluding hydrogens is 314 g/mol. The minimum Gasteiger partial charge on any atom is -0.444 e. The van der Waals surface area contributed by atoms with E-state index in [0.717, 1.165) is 29.9 Å². The number of hydrogen-bond donors (Lipinski definition) is 1. The van der Waals surface area contributed by atoms with Gasteiger partial charge in [-0.05, 0) is 52.0 Å². The number of nitrogens with zero attached hydrogens (tertiary/aromatic N) is 2. The molecule has 1 aromatic heterocycles. The highest BCUT2D eigenvalue weighted by Crippen LogP contribution is 2.53. The highest BCUT2D eigenvalue weighted by atomic mass is 16.6. The summed E-state index contributed by atoms with van der Waals surface area (Å²) in [6.45, 7) is 7.79. The number of amides is 1. The van der Waals surface area contributed by atoms with Crippen LogP contribution in [-0.4, -0.2) is 32.6 Å². The Morgan fingerprint density at radius 3 is 2.64 bits per heavy atom. The van der Waals surface area contributed by atoms with Crippen LogP contribution in [-0.2, 0) is 4.74 Å². The number of nitrogens with one attached hydrogen (secondary N) is 1. The molecule has 0 radical (unpaired) electrons. The Kier molecular flexibility index (Phi) is 3.63. The Labute approximate surface area is 148 Å². The van der Waals surface area contributed by atoms with E-state index < -0.39 is 5.60 Å². The van der Waals surface area contributed by atoms with Gasteiger partial charge in [0.15, 0.2) is 0 Å². The van der Waals surface area contributed by atoms with Crippen molar-refractivity contribution in [1.29, 1.82) is 0 Å². The molecule has 1 aliphatic carbocycles. The summed E-state index contributed by atoms with van der Waals surface area (Å²) in [6, 6.07) is 8.65. The summed E-state index contributed by atoms with van der Waals surface area (Å²) in [4.78, 5) is 22.5. The molecule has 1 amide bonds. The molecule has 5 heteroatoms. The number of fused-ring (bicyclic) bond motifs is 1. The lowest BCUT2D eigenvalue weighted by molar-refractivity contribution is 0.0175. The number of aromatic nitrogens is 2. The number of carbonyl (C=O) groups excluding carboxylic acids is 1. The average Bonchev–Trinajstić information content (AvgIpc) is 2.97. The highest BCUT2D eigenvalue weighted by molar-refractivity contribution is 5.70. The van der Waals surface area contributed by atoms with E-state index in [1.807, 2.05) is 31.9 Å². The van der Waals surface area contributed by atoms with Gasteiger partial charge in [0.25, 0.3) is 0 Å². The molecular formula is C20H25N3O2. The van der Waals surface area contributed by atoms with E-state index in [2.05, 4.69) is 41.2 Å². The van der Waals surface area contributed by atoms with Crippen molar-refractivity contribution in [2.45, 2.75) is 58.2 Å². The number of aromatic amines is 1. The third kappa shape index (κ3) is 3.15. The van der Waals surface area contributed by atoms with Crippen molar-refractivity contribution in [1.82, 2.24) is 14.9 Å². The second-order valence-electron chi connectivity index (χ2n) is 8.25. The fraction of sp³-hybridized carbons (Fsp3) is 0.500. The number of hydrogen-bond acceptors (Lipinski definition) is 3. The molecule has 25 heavy (non-hydrogen) atoms. The molecule has 0 bridgehead atoms. The van der Waals surface area contributed by atoms with Crippen molar-refractivity contribution >= 4 is 6.09 Å². The summed E-state index contributed by atoms with van der Waals surface area (Å²) >= 11 is 0. The number of ether oxygens (including phenoxy) is 1. The van der Waals surface area contributed by atoms with Crippen LogP contribution >= 0.6 is 0 Å². The van der Waals surface area contributed by atoms with Crippen molar-refractivity contribution < 1.29 is 9.53 Å². The molecule has 2 heterocycles. The number of aryl methyl sites for hydroxylation is 1. The Bertz CT molecular complexity index is 788. The van der Waals surface area contributed by atoms with Crippen molar-refractivity contribution in [2.75, 3.05) is 0 Å². The molecule has 4 rings (SSSR count). The molecule has 0 spiro atoms. The Hall–Kier alpha value is -2.30. The Morgan fingerprint density at radius 1 is 1.24 bits per heavy atom. The van der Waals surface area contributed by atoms with Gasteiger partial charge in [-0.1, -0.05) is 29.8 Å². The topological polar surface area (TPSA) is 58.2 Å². The molecule has 132 valence electrons. The maximum atomic E-state index is 12.7. The average molecular weight is 339 g/mol. The Balaban J connectivity index is 1.57. The molecule has 1 saturated heterocycles. The van der Waals surface area contributed by atoms with Gasteiger partial charge in [0, 0.05) is 6.04 Å². The first-order valence-electron chi connectivity index (χ1n) is 8.95. The van der Waals surface area contributed by atoms with E-state index in [4.69, 9.17) is 4.74 Å². The fourth-order valence-corrected chi connectivity index (χ4v) is 3.66. The molecule has 3 atom stereocenters. The van der Waals surface area contributed by atoms with Gasteiger partial charge < -0.3 is 9.72 Å². The van der Waals surface area contributed by atoms with Crippen LogP contribution in [0.5, 0.6) is 0 Å². The summed E-state index contributed by atoms with van der Waals surface area (Å²) in [5, 5.41) is 0. The van der Waals surface area contributed by atoms with Crippen LogP contribution in [0.15, 0.2) is 30.5 Å². The maximum Gasteiger partial charge on any atom is 0.411 e. The number of piperidine rings is 1. The highest BCUT2D eigenvalue weighted by Gasteiger charge is 2.56. The van der Waals surface area contributed by atoms with Gasteiger partial charge in [0.05, 0.1) is 17.9 Å². The normalized spacial score (nSPS) is 25.0. The van der Waals surface area contributed by atoms with Gasteiger partial charge in [0.1, 0.15) is 11.4 Å². The van der Waals surface area contributed by atoms with E-state index in [-0.39, 0.29) is 12.1 Å². The zero-order chi connectivity index (χ0) is 17.8. The van der Waals surface area contributed by atoms with Crippen molar-refractivity contribution in [3.8, 4) is 11.3 Å². The van der Waals surface area contributed by atoms with Crippen LogP contribution in [0.25, 0.3) is 11.3 Å². The number of benzene rings is 1. The van der Waals surface area contributed by atoms with Gasteiger partial charge in [-0.15, -0.1) is 0 Å². The second kappa shape index (κ2) is 5.61. The first-order chi connectivity index (χ1) is 11.8. The van der Waals surface area contributed by atoms with E-state index in [0.29, 0.717) is 12.0 Å². The number of H-pyrrole nitrogens is 1. The summed E-state index contributed by atoms with van der Waals surface area (Å²) in [5.74, 6) is 1.44. The van der Waals surface area contributed by atoms with E-state index in [9.17, 15) is 4.79 Å². The lowest BCUT2D eigenvalue weighted by atomic mass is 10.1. The summed E-state index contributed by atoms with van der Waals surface area (Å²) in [7, 11) is 0. The monoisotopic (exact) mass is 339 g/mol. The molecule has 1 aromatic carbocycles. The lowest BCUT2D eigenvalue weighted by Gasteiger charge is -2.29. The molecule has 1 aliphatic heterocycles. The van der Waals surface area contributed by atoms with E-state index in [1.165, 1.54) is 5.56 Å². The van der Waals surface area contributed by atoms with Crippen LogP contribution in [0.2, 0.25) is 0 Å². The predicted octanol–water partition coefficient (Wildman–Crippen LogP) is 4.46. The molecule has 2 unspecified atom stereocenters. The lowest BCUT2D eigenvalue weighted by Crippen LogP contribution is -2.38. The van der Waals surface area contributed by atoms with Crippen molar-refractivity contribution in [3.05, 3.63) is 41.9 Å². The zero-order valence-corrected chi connectivity index (χ0v) is 15.2. The van der Waals surface area contributed by atoms with Gasteiger partial charge >= 0.3 is 6.09 Å². The number of carbonyl (C=O) groups is 1. The predicted molar refractivity (Wildman–Crippen MR) is 96.1 cm³/mol. The standard InChI is InChI=1S/C20H25N3O2/c1-12-5-7-13(8-6-12)15-11-21-18(22-15)17-10-14-9-16(14)23(17)19(24)25-20(2,3)4/h5-8,11,14,16-17H,9-10H2,1-4H3,(H,21,22)/t14?,16?,17-/m0/s1. The van der Waals surface area contributed by atoms with Crippen LogP contribution in [0, 0.1) is 12.8 Å². The second-order valence-corrected chi connectivity index (χ2v) is 8.25. The number of rotatable bonds is 2. The summed E-state index contributed by atoms with van der Waals surface area (Å²) in [5.41, 5.74) is 2.84. The quantitative estimate of drug-likeness (QED) is 0.879. The molecule has 2 aliphatic rings. The summed E-state index contributed by atoms with van der Waals surface area (Å²) < 4.78 is 5.62. The zero-order valence-electron chi connectivity index (χ0n) is 15.2. The largest absolute Gasteiger partial charge is 0.444 e.